The molecule has 0 fully saturated rings. The van der Waals surface area contributed by atoms with Gasteiger partial charge >= 0.3 is 0 Å². The van der Waals surface area contributed by atoms with Crippen LogP contribution in [-0.2, 0) is 0 Å². The van der Waals surface area contributed by atoms with Crippen molar-refractivity contribution in [1.82, 2.24) is 0 Å². The maximum Gasteiger partial charge on any atom is 0.0174 e. The van der Waals surface area contributed by atoms with Crippen molar-refractivity contribution in [3.8, 4) is 0 Å². The highest BCUT2D eigenvalue weighted by molar-refractivity contribution is 5.26. The molecule has 0 aliphatic heterocycles. The first kappa shape index (κ1) is 4.60. The fourth-order valence-electron chi connectivity index (χ4n) is 0.658. The largest absolute Gasteiger partial charge is 0.327 e. The zero-order valence-electron chi connectivity index (χ0n) is 4.22. The van der Waals surface area contributed by atoms with Gasteiger partial charge in [-0.3, -0.25) is 0 Å². The van der Waals surface area contributed by atoms with Crippen molar-refractivity contribution in [1.29, 1.82) is 0 Å². The van der Waals surface area contributed by atoms with Gasteiger partial charge in [-0.1, -0.05) is 18.2 Å². The number of hydrogen-bond acceptors (Lipinski definition) is 1. The Morgan fingerprint density at radius 2 is 2.57 bits per heavy atom. The number of allylic oxidation sites excluding steroid dienone is 2. The molecule has 0 bridgehead atoms. The van der Waals surface area contributed by atoms with Gasteiger partial charge in [-0.2, -0.15) is 0 Å². The number of nitrogens with two attached hydrogens (primary N) is 1. The van der Waals surface area contributed by atoms with Gasteiger partial charge in [-0.05, 0) is 12.0 Å². The summed E-state index contributed by atoms with van der Waals surface area (Å²) >= 11 is 0. The SMILES string of the molecule is NCC1=CCC=C1. The van der Waals surface area contributed by atoms with E-state index in [-0.39, 0.29) is 0 Å². The average Bonchev–Trinajstić information content (AvgIpc) is 2.14. The van der Waals surface area contributed by atoms with Gasteiger partial charge < -0.3 is 5.73 Å². The molecule has 0 aromatic heterocycles. The van der Waals surface area contributed by atoms with Crippen molar-refractivity contribution < 1.29 is 0 Å². The molecule has 0 aromatic carbocycles. The molecular formula is C6H9N. The molecular weight excluding hydrogens is 86.1 g/mol. The molecule has 0 heterocycles. The third-order valence-electron chi connectivity index (χ3n) is 1.08. The lowest BCUT2D eigenvalue weighted by Gasteiger charge is -1.85. The number of rotatable bonds is 1. The molecule has 0 spiro atoms. The summed E-state index contributed by atoms with van der Waals surface area (Å²) in [6, 6.07) is 0. The summed E-state index contributed by atoms with van der Waals surface area (Å²) in [6.45, 7) is 0.691. The van der Waals surface area contributed by atoms with E-state index in [0.717, 1.165) is 6.42 Å². The predicted molar refractivity (Wildman–Crippen MR) is 30.9 cm³/mol. The van der Waals surface area contributed by atoms with Crippen LogP contribution in [-0.4, -0.2) is 6.54 Å². The lowest BCUT2D eigenvalue weighted by Crippen LogP contribution is -1.98. The van der Waals surface area contributed by atoms with E-state index >= 15 is 0 Å². The second kappa shape index (κ2) is 1.94. The van der Waals surface area contributed by atoms with Crippen molar-refractivity contribution in [3.63, 3.8) is 0 Å². The van der Waals surface area contributed by atoms with E-state index in [9.17, 15) is 0 Å². The van der Waals surface area contributed by atoms with Crippen LogP contribution in [0.1, 0.15) is 6.42 Å². The van der Waals surface area contributed by atoms with Gasteiger partial charge in [0, 0.05) is 6.54 Å². The third-order valence-corrected chi connectivity index (χ3v) is 1.08. The van der Waals surface area contributed by atoms with Crippen LogP contribution in [0.2, 0.25) is 0 Å². The quantitative estimate of drug-likeness (QED) is 0.513. The molecule has 0 unspecified atom stereocenters. The van der Waals surface area contributed by atoms with Crippen LogP contribution in [0.25, 0.3) is 0 Å². The molecule has 0 saturated carbocycles. The minimum Gasteiger partial charge on any atom is -0.327 e. The molecule has 0 atom stereocenters. The Hall–Kier alpha value is -0.560. The summed E-state index contributed by atoms with van der Waals surface area (Å²) in [4.78, 5) is 0. The zero-order valence-corrected chi connectivity index (χ0v) is 4.22. The Balaban J connectivity index is 2.52. The molecule has 2 N–H and O–H groups in total. The van der Waals surface area contributed by atoms with E-state index in [1.54, 1.807) is 0 Å². The Morgan fingerprint density at radius 1 is 1.71 bits per heavy atom. The monoisotopic (exact) mass is 95.1 g/mol. The van der Waals surface area contributed by atoms with Gasteiger partial charge in [-0.15, -0.1) is 0 Å². The van der Waals surface area contributed by atoms with Crippen molar-refractivity contribution in [2.45, 2.75) is 6.42 Å². The summed E-state index contributed by atoms with van der Waals surface area (Å²) in [5.41, 5.74) is 6.58. The second-order valence-electron chi connectivity index (χ2n) is 1.62. The van der Waals surface area contributed by atoms with Crippen molar-refractivity contribution in [3.05, 3.63) is 23.8 Å². The van der Waals surface area contributed by atoms with Crippen LogP contribution in [0.5, 0.6) is 0 Å². The van der Waals surface area contributed by atoms with Crippen LogP contribution in [0, 0.1) is 0 Å². The van der Waals surface area contributed by atoms with Gasteiger partial charge in [0.25, 0.3) is 0 Å². The van der Waals surface area contributed by atoms with E-state index in [1.807, 2.05) is 0 Å². The molecule has 0 aromatic rings. The minimum absolute atomic E-state index is 0.691. The van der Waals surface area contributed by atoms with Gasteiger partial charge in [0.15, 0.2) is 0 Å². The van der Waals surface area contributed by atoms with Crippen LogP contribution >= 0.6 is 0 Å². The van der Waals surface area contributed by atoms with Crippen LogP contribution in [0.4, 0.5) is 0 Å². The van der Waals surface area contributed by atoms with Crippen LogP contribution < -0.4 is 5.73 Å². The molecule has 38 valence electrons. The van der Waals surface area contributed by atoms with Gasteiger partial charge in [0.05, 0.1) is 0 Å². The normalized spacial score (nSPS) is 17.6. The molecule has 1 rings (SSSR count). The second-order valence-corrected chi connectivity index (χ2v) is 1.62. The van der Waals surface area contributed by atoms with E-state index in [0.29, 0.717) is 6.54 Å². The minimum atomic E-state index is 0.691. The maximum absolute atomic E-state index is 5.31. The number of hydrogen-bond donors (Lipinski definition) is 1. The molecule has 1 nitrogen and oxygen atoms in total. The summed E-state index contributed by atoms with van der Waals surface area (Å²) in [7, 11) is 0. The molecule has 7 heavy (non-hydrogen) atoms. The first-order valence-corrected chi connectivity index (χ1v) is 2.49. The Kier molecular flexibility index (Phi) is 1.27. The summed E-state index contributed by atoms with van der Waals surface area (Å²) in [6.07, 6.45) is 7.40. The Morgan fingerprint density at radius 3 is 2.86 bits per heavy atom. The van der Waals surface area contributed by atoms with Crippen molar-refractivity contribution >= 4 is 0 Å². The molecule has 0 radical (unpaired) electrons. The lowest BCUT2D eigenvalue weighted by atomic mass is 10.3. The molecule has 0 amide bonds. The summed E-state index contributed by atoms with van der Waals surface area (Å²) in [5, 5.41) is 0. The first-order valence-electron chi connectivity index (χ1n) is 2.49. The topological polar surface area (TPSA) is 26.0 Å². The van der Waals surface area contributed by atoms with E-state index in [1.165, 1.54) is 5.57 Å². The van der Waals surface area contributed by atoms with Gasteiger partial charge in [0.2, 0.25) is 0 Å². The summed E-state index contributed by atoms with van der Waals surface area (Å²) < 4.78 is 0. The average molecular weight is 95.1 g/mol. The standard InChI is InChI=1S/C6H9N/c7-5-6-3-1-2-4-6/h1,3-4H,2,5,7H2. The van der Waals surface area contributed by atoms with E-state index in [4.69, 9.17) is 5.73 Å². The summed E-state index contributed by atoms with van der Waals surface area (Å²) in [5.74, 6) is 0. The Labute approximate surface area is 43.5 Å². The zero-order chi connectivity index (χ0) is 5.11. The third kappa shape index (κ3) is 0.904. The first-order chi connectivity index (χ1) is 3.43. The molecule has 1 heteroatoms. The molecule has 1 aliphatic carbocycles. The molecule has 0 saturated heterocycles. The molecule has 1 aliphatic rings. The Bertz CT molecular complexity index is 111. The van der Waals surface area contributed by atoms with Gasteiger partial charge in [-0.25, -0.2) is 0 Å². The van der Waals surface area contributed by atoms with Crippen molar-refractivity contribution in [2.24, 2.45) is 5.73 Å². The highest BCUT2D eigenvalue weighted by Gasteiger charge is 1.90. The predicted octanol–water partition coefficient (Wildman–Crippen LogP) is 0.831. The fraction of sp³-hybridized carbons (Fsp3) is 0.333. The van der Waals surface area contributed by atoms with E-state index in [2.05, 4.69) is 18.2 Å². The van der Waals surface area contributed by atoms with Crippen LogP contribution in [0.15, 0.2) is 23.8 Å². The smallest absolute Gasteiger partial charge is 0.0174 e. The van der Waals surface area contributed by atoms with Gasteiger partial charge in [0.1, 0.15) is 0 Å². The van der Waals surface area contributed by atoms with E-state index < -0.39 is 0 Å². The lowest BCUT2D eigenvalue weighted by molar-refractivity contribution is 1.19. The highest BCUT2D eigenvalue weighted by atomic mass is 14.5. The van der Waals surface area contributed by atoms with Crippen LogP contribution in [0.3, 0.4) is 0 Å². The van der Waals surface area contributed by atoms with Crippen molar-refractivity contribution in [2.75, 3.05) is 6.54 Å². The fourth-order valence-corrected chi connectivity index (χ4v) is 0.658. The maximum atomic E-state index is 5.31. The highest BCUT2D eigenvalue weighted by Crippen LogP contribution is 2.05.